The Balaban J connectivity index is 1.74. The van der Waals surface area contributed by atoms with Crippen LogP contribution in [0.4, 0.5) is 5.69 Å². The van der Waals surface area contributed by atoms with Gasteiger partial charge >= 0.3 is 0 Å². The zero-order valence-electron chi connectivity index (χ0n) is 13.4. The molecule has 0 radical (unpaired) electrons. The first kappa shape index (κ1) is 15.9. The lowest BCUT2D eigenvalue weighted by Gasteiger charge is -2.11. The van der Waals surface area contributed by atoms with Crippen molar-refractivity contribution in [2.75, 3.05) is 4.72 Å². The van der Waals surface area contributed by atoms with Gasteiger partial charge in [-0.1, -0.05) is 35.9 Å². The number of imidazole rings is 1. The van der Waals surface area contributed by atoms with Crippen molar-refractivity contribution in [2.24, 2.45) is 0 Å². The number of anilines is 1. The number of nitrogens with zero attached hydrogens (tertiary/aromatic N) is 2. The summed E-state index contributed by atoms with van der Waals surface area (Å²) in [6.07, 6.45) is 3.82. The molecule has 126 valence electrons. The van der Waals surface area contributed by atoms with Crippen molar-refractivity contribution in [1.29, 1.82) is 0 Å². The van der Waals surface area contributed by atoms with Crippen LogP contribution in [0, 0.1) is 6.92 Å². The average molecular weight is 369 g/mol. The molecule has 0 saturated heterocycles. The van der Waals surface area contributed by atoms with E-state index in [0.29, 0.717) is 5.69 Å². The number of hydrogen-bond donors (Lipinski definition) is 1. The van der Waals surface area contributed by atoms with Gasteiger partial charge in [0.2, 0.25) is 0 Å². The van der Waals surface area contributed by atoms with Gasteiger partial charge in [0, 0.05) is 23.3 Å². The zero-order valence-corrected chi connectivity index (χ0v) is 15.0. The second-order valence-electron chi connectivity index (χ2n) is 5.68. The lowest BCUT2D eigenvalue weighted by molar-refractivity contribution is 0.601. The molecule has 0 unspecified atom stereocenters. The number of fused-ring (bicyclic) bond motifs is 1. The van der Waals surface area contributed by atoms with Crippen molar-refractivity contribution in [2.45, 2.75) is 11.8 Å². The Bertz CT molecular complexity index is 1110. The fourth-order valence-electron chi connectivity index (χ4n) is 2.57. The molecule has 0 aliphatic heterocycles. The highest BCUT2D eigenvalue weighted by molar-refractivity contribution is 7.92. The quantitative estimate of drug-likeness (QED) is 0.587. The first-order valence-electron chi connectivity index (χ1n) is 7.64. The molecule has 5 nitrogen and oxygen atoms in total. The van der Waals surface area contributed by atoms with Crippen LogP contribution in [0.1, 0.15) is 5.56 Å². The average Bonchev–Trinajstić information content (AvgIpc) is 3.17. The molecule has 0 spiro atoms. The van der Waals surface area contributed by atoms with Gasteiger partial charge in [0.05, 0.1) is 16.3 Å². The van der Waals surface area contributed by atoms with Gasteiger partial charge in [0.1, 0.15) is 0 Å². The molecule has 0 amide bonds. The van der Waals surface area contributed by atoms with Gasteiger partial charge in [-0.2, -0.15) is 0 Å². The highest BCUT2D eigenvalue weighted by Gasteiger charge is 2.17. The first-order valence-corrected chi connectivity index (χ1v) is 10.0. The normalized spacial score (nSPS) is 11.7. The monoisotopic (exact) mass is 369 g/mol. The minimum atomic E-state index is -3.66. The van der Waals surface area contributed by atoms with Crippen molar-refractivity contribution in [3.05, 3.63) is 71.9 Å². The highest BCUT2D eigenvalue weighted by atomic mass is 32.2. The Morgan fingerprint density at radius 2 is 1.84 bits per heavy atom. The van der Waals surface area contributed by atoms with Crippen LogP contribution >= 0.6 is 11.3 Å². The second-order valence-corrected chi connectivity index (χ2v) is 8.24. The molecule has 25 heavy (non-hydrogen) atoms. The third-order valence-corrected chi connectivity index (χ3v) is 6.02. The van der Waals surface area contributed by atoms with Crippen LogP contribution in [0.25, 0.3) is 16.2 Å². The lowest BCUT2D eigenvalue weighted by atomic mass is 10.1. The predicted molar refractivity (Wildman–Crippen MR) is 100 cm³/mol. The number of benzene rings is 2. The zero-order chi connectivity index (χ0) is 17.4. The summed E-state index contributed by atoms with van der Waals surface area (Å²) in [5, 5.41) is 1.96. The second kappa shape index (κ2) is 6.02. The fourth-order valence-corrected chi connectivity index (χ4v) is 4.35. The highest BCUT2D eigenvalue weighted by Crippen LogP contribution is 2.30. The van der Waals surface area contributed by atoms with Crippen molar-refractivity contribution in [1.82, 2.24) is 9.38 Å². The van der Waals surface area contributed by atoms with E-state index in [1.54, 1.807) is 36.4 Å². The van der Waals surface area contributed by atoms with Crippen LogP contribution in [-0.4, -0.2) is 17.8 Å². The van der Waals surface area contributed by atoms with Gasteiger partial charge in [0.25, 0.3) is 10.0 Å². The van der Waals surface area contributed by atoms with E-state index in [2.05, 4.69) is 9.71 Å². The molecule has 1 N–H and O–H groups in total. The number of aromatic nitrogens is 2. The molecule has 0 atom stereocenters. The lowest BCUT2D eigenvalue weighted by Crippen LogP contribution is -2.13. The molecule has 4 aromatic rings. The Morgan fingerprint density at radius 3 is 2.60 bits per heavy atom. The molecule has 0 fully saturated rings. The SMILES string of the molecule is Cc1ccc(S(=O)(=O)Nc2ccccc2-c2cn3ccsc3n2)cc1. The number of rotatable bonds is 4. The molecule has 2 heterocycles. The van der Waals surface area contributed by atoms with E-state index in [1.807, 2.05) is 41.2 Å². The third kappa shape index (κ3) is 3.04. The van der Waals surface area contributed by atoms with Gasteiger partial charge in [-0.3, -0.25) is 9.12 Å². The topological polar surface area (TPSA) is 63.5 Å². The molecule has 0 aliphatic rings. The van der Waals surface area contributed by atoms with Crippen LogP contribution in [0.15, 0.2) is 71.2 Å². The van der Waals surface area contributed by atoms with Gasteiger partial charge in [0.15, 0.2) is 4.96 Å². The summed E-state index contributed by atoms with van der Waals surface area (Å²) in [4.78, 5) is 5.67. The Kier molecular flexibility index (Phi) is 3.82. The van der Waals surface area contributed by atoms with Crippen molar-refractivity contribution in [3.63, 3.8) is 0 Å². The summed E-state index contributed by atoms with van der Waals surface area (Å²) in [6.45, 7) is 1.92. The number of para-hydroxylation sites is 1. The van der Waals surface area contributed by atoms with Crippen LogP contribution in [0.5, 0.6) is 0 Å². The van der Waals surface area contributed by atoms with Crippen LogP contribution < -0.4 is 4.72 Å². The molecule has 0 saturated carbocycles. The molecule has 7 heteroatoms. The van der Waals surface area contributed by atoms with Crippen LogP contribution in [0.3, 0.4) is 0 Å². The maximum atomic E-state index is 12.7. The summed E-state index contributed by atoms with van der Waals surface area (Å²) in [6, 6.07) is 14.0. The number of nitrogens with one attached hydrogen (secondary N) is 1. The summed E-state index contributed by atoms with van der Waals surface area (Å²) in [5.74, 6) is 0. The summed E-state index contributed by atoms with van der Waals surface area (Å²) in [5.41, 5.74) is 2.99. The fraction of sp³-hybridized carbons (Fsp3) is 0.0556. The van der Waals surface area contributed by atoms with Crippen molar-refractivity contribution < 1.29 is 8.42 Å². The number of hydrogen-bond acceptors (Lipinski definition) is 4. The van der Waals surface area contributed by atoms with Gasteiger partial charge in [-0.05, 0) is 25.1 Å². The van der Waals surface area contributed by atoms with E-state index < -0.39 is 10.0 Å². The number of aryl methyl sites for hydroxylation is 1. The number of sulfonamides is 1. The van der Waals surface area contributed by atoms with Crippen LogP contribution in [-0.2, 0) is 10.0 Å². The molecule has 2 aromatic carbocycles. The predicted octanol–water partition coefficient (Wildman–Crippen LogP) is 4.17. The minimum absolute atomic E-state index is 0.235. The van der Waals surface area contributed by atoms with Gasteiger partial charge < -0.3 is 0 Å². The van der Waals surface area contributed by atoms with E-state index in [0.717, 1.165) is 21.8 Å². The van der Waals surface area contributed by atoms with E-state index in [-0.39, 0.29) is 4.90 Å². The minimum Gasteiger partial charge on any atom is -0.297 e. The van der Waals surface area contributed by atoms with E-state index in [1.165, 1.54) is 11.3 Å². The summed E-state index contributed by atoms with van der Waals surface area (Å²) in [7, 11) is -3.66. The van der Waals surface area contributed by atoms with Crippen molar-refractivity contribution >= 4 is 32.0 Å². The number of thiazole rings is 1. The molecular formula is C18H15N3O2S2. The largest absolute Gasteiger partial charge is 0.297 e. The van der Waals surface area contributed by atoms with E-state index in [4.69, 9.17) is 0 Å². The molecule has 2 aromatic heterocycles. The molecular weight excluding hydrogens is 354 g/mol. The molecule has 4 rings (SSSR count). The summed E-state index contributed by atoms with van der Waals surface area (Å²) >= 11 is 1.53. The molecule has 0 aliphatic carbocycles. The van der Waals surface area contributed by atoms with Gasteiger partial charge in [-0.15, -0.1) is 11.3 Å². The first-order chi connectivity index (χ1) is 12.0. The van der Waals surface area contributed by atoms with E-state index >= 15 is 0 Å². The third-order valence-electron chi connectivity index (χ3n) is 3.87. The van der Waals surface area contributed by atoms with Gasteiger partial charge in [-0.25, -0.2) is 13.4 Å². The Morgan fingerprint density at radius 1 is 1.08 bits per heavy atom. The van der Waals surface area contributed by atoms with E-state index in [9.17, 15) is 8.42 Å². The van der Waals surface area contributed by atoms with Crippen LogP contribution in [0.2, 0.25) is 0 Å². The van der Waals surface area contributed by atoms with Crippen molar-refractivity contribution in [3.8, 4) is 11.3 Å². The Hall–Kier alpha value is -2.64. The molecule has 0 bridgehead atoms. The standard InChI is InChI=1S/C18H15N3O2S2/c1-13-6-8-14(9-7-13)25(22,23)20-16-5-3-2-4-15(16)17-12-21-10-11-24-18(21)19-17/h2-12,20H,1H3. The Labute approximate surface area is 149 Å². The maximum Gasteiger partial charge on any atom is 0.261 e. The summed E-state index contributed by atoms with van der Waals surface area (Å²) < 4.78 is 30.0. The smallest absolute Gasteiger partial charge is 0.261 e. The maximum absolute atomic E-state index is 12.7.